The second-order valence-corrected chi connectivity index (χ2v) is 6.97. The fourth-order valence-electron chi connectivity index (χ4n) is 3.95. The number of hydrogen-bond acceptors (Lipinski definition) is 5. The van der Waals surface area contributed by atoms with Crippen molar-refractivity contribution in [1.29, 1.82) is 0 Å². The molecule has 0 aromatic heterocycles. The first-order valence-corrected chi connectivity index (χ1v) is 8.88. The molecule has 3 aliphatic heterocycles. The number of fused-ring (bicyclic) bond motifs is 2. The van der Waals surface area contributed by atoms with Gasteiger partial charge in [-0.05, 0) is 37.6 Å². The zero-order chi connectivity index (χ0) is 18.1. The standard InChI is InChI=1S/C20H22N4O2/c1-14-6-8-16(9-7-14)23-12-18-10-17(23)13-24(18)19-5-3-2-4-15(11-21-19)20(25)22-26/h3-4,6-9,11,17-18,26H,5,10,12-13H2,1H3,(H,22,25)/b15-11+,21-19?/t2?,17-,18-/m1/s1. The van der Waals surface area contributed by atoms with E-state index in [1.165, 1.54) is 23.5 Å². The Morgan fingerprint density at radius 3 is 2.65 bits per heavy atom. The van der Waals surface area contributed by atoms with Crippen molar-refractivity contribution in [3.05, 3.63) is 59.5 Å². The SMILES string of the molecule is Cc1ccc(N2C[C@H]3C[C@@H]2CN3C2=N/C=C(/C(=O)NO)C=C=CC2)cc1. The van der Waals surface area contributed by atoms with Crippen LogP contribution >= 0.6 is 0 Å². The highest BCUT2D eigenvalue weighted by Crippen LogP contribution is 2.35. The molecule has 0 saturated carbocycles. The molecule has 2 atom stereocenters. The minimum atomic E-state index is -0.579. The van der Waals surface area contributed by atoms with E-state index in [2.05, 4.69) is 51.7 Å². The highest BCUT2D eigenvalue weighted by atomic mass is 16.5. The Labute approximate surface area is 152 Å². The molecule has 1 aromatic carbocycles. The van der Waals surface area contributed by atoms with Crippen molar-refractivity contribution < 1.29 is 10.0 Å². The van der Waals surface area contributed by atoms with Crippen LogP contribution in [-0.2, 0) is 4.79 Å². The molecule has 2 N–H and O–H groups in total. The lowest BCUT2D eigenvalue weighted by Gasteiger charge is -2.37. The number of benzene rings is 1. The third-order valence-corrected chi connectivity index (χ3v) is 5.30. The lowest BCUT2D eigenvalue weighted by atomic mass is 10.2. The number of rotatable bonds is 2. The maximum atomic E-state index is 11.6. The van der Waals surface area contributed by atoms with E-state index in [1.54, 1.807) is 5.48 Å². The number of amidine groups is 1. The van der Waals surface area contributed by atoms with Crippen molar-refractivity contribution in [3.8, 4) is 0 Å². The van der Waals surface area contributed by atoms with E-state index in [0.717, 1.165) is 25.3 Å². The Hall–Kier alpha value is -2.82. The molecule has 6 nitrogen and oxygen atoms in total. The predicted molar refractivity (Wildman–Crippen MR) is 100 cm³/mol. The van der Waals surface area contributed by atoms with Crippen LogP contribution in [0.4, 0.5) is 5.69 Å². The molecule has 0 unspecified atom stereocenters. The average molecular weight is 350 g/mol. The number of carbonyl (C=O) groups excluding carboxylic acids is 1. The molecule has 1 aromatic rings. The van der Waals surface area contributed by atoms with Crippen LogP contribution in [0.5, 0.6) is 0 Å². The van der Waals surface area contributed by atoms with E-state index in [4.69, 9.17) is 5.21 Å². The smallest absolute Gasteiger partial charge is 0.276 e. The maximum Gasteiger partial charge on any atom is 0.276 e. The number of amides is 1. The Kier molecular flexibility index (Phi) is 4.37. The summed E-state index contributed by atoms with van der Waals surface area (Å²) in [5, 5.41) is 8.80. The summed E-state index contributed by atoms with van der Waals surface area (Å²) in [6.45, 7) is 4.03. The van der Waals surface area contributed by atoms with Gasteiger partial charge in [0.25, 0.3) is 5.91 Å². The van der Waals surface area contributed by atoms with Gasteiger partial charge in [-0.3, -0.25) is 10.0 Å². The maximum absolute atomic E-state index is 11.6. The molecule has 134 valence electrons. The van der Waals surface area contributed by atoms with Crippen LogP contribution in [-0.4, -0.2) is 47.0 Å². The first-order valence-electron chi connectivity index (χ1n) is 8.88. The van der Waals surface area contributed by atoms with Crippen LogP contribution in [0.3, 0.4) is 0 Å². The number of nitrogens with zero attached hydrogens (tertiary/aromatic N) is 3. The Balaban J connectivity index is 1.50. The number of hydroxylamine groups is 1. The van der Waals surface area contributed by atoms with Gasteiger partial charge >= 0.3 is 0 Å². The van der Waals surface area contributed by atoms with E-state index < -0.39 is 5.91 Å². The number of aryl methyl sites for hydroxylation is 1. The minimum absolute atomic E-state index is 0.284. The highest BCUT2D eigenvalue weighted by Gasteiger charge is 2.44. The molecular formula is C20H22N4O2. The van der Waals surface area contributed by atoms with E-state index in [0.29, 0.717) is 18.5 Å². The van der Waals surface area contributed by atoms with Crippen LogP contribution in [0, 0.1) is 6.92 Å². The Morgan fingerprint density at radius 1 is 1.23 bits per heavy atom. The lowest BCUT2D eigenvalue weighted by molar-refractivity contribution is -0.124. The summed E-state index contributed by atoms with van der Waals surface area (Å²) in [4.78, 5) is 21.0. The molecule has 6 heteroatoms. The number of carbonyl (C=O) groups is 1. The van der Waals surface area contributed by atoms with Crippen LogP contribution < -0.4 is 10.4 Å². The van der Waals surface area contributed by atoms with Crippen molar-refractivity contribution in [3.63, 3.8) is 0 Å². The van der Waals surface area contributed by atoms with Crippen molar-refractivity contribution in [2.75, 3.05) is 18.0 Å². The molecule has 26 heavy (non-hydrogen) atoms. The molecule has 3 heterocycles. The Bertz CT molecular complexity index is 830. The number of aliphatic imine (C=N–C) groups is 1. The van der Waals surface area contributed by atoms with Crippen LogP contribution in [0.2, 0.25) is 0 Å². The predicted octanol–water partition coefficient (Wildman–Crippen LogP) is 2.16. The molecular weight excluding hydrogens is 328 g/mol. The summed E-state index contributed by atoms with van der Waals surface area (Å²) >= 11 is 0. The molecule has 1 amide bonds. The number of likely N-dealkylation sites (tertiary alicyclic amines) is 1. The molecule has 0 spiro atoms. The summed E-state index contributed by atoms with van der Waals surface area (Å²) in [6.07, 6.45) is 6.72. The number of anilines is 1. The van der Waals surface area contributed by atoms with Crippen molar-refractivity contribution in [2.24, 2.45) is 4.99 Å². The molecule has 4 rings (SSSR count). The van der Waals surface area contributed by atoms with Crippen molar-refractivity contribution >= 4 is 17.4 Å². The Morgan fingerprint density at radius 2 is 1.96 bits per heavy atom. The second kappa shape index (κ2) is 6.83. The normalized spacial score (nSPS) is 26.2. The van der Waals surface area contributed by atoms with Gasteiger partial charge in [0.05, 0.1) is 5.57 Å². The zero-order valence-electron chi connectivity index (χ0n) is 14.7. The lowest BCUT2D eigenvalue weighted by Crippen LogP contribution is -2.48. The van der Waals surface area contributed by atoms with E-state index in [9.17, 15) is 4.79 Å². The zero-order valence-corrected chi connectivity index (χ0v) is 14.7. The monoisotopic (exact) mass is 350 g/mol. The summed E-state index contributed by atoms with van der Waals surface area (Å²) < 4.78 is 0. The summed E-state index contributed by atoms with van der Waals surface area (Å²) in [5.74, 6) is 0.370. The fraction of sp³-hybridized carbons (Fsp3) is 0.350. The molecule has 0 aliphatic carbocycles. The van der Waals surface area contributed by atoms with Crippen LogP contribution in [0.15, 0.2) is 58.9 Å². The minimum Gasteiger partial charge on any atom is -0.365 e. The number of nitrogens with one attached hydrogen (secondary N) is 1. The fourth-order valence-corrected chi connectivity index (χ4v) is 3.95. The largest absolute Gasteiger partial charge is 0.365 e. The second-order valence-electron chi connectivity index (χ2n) is 6.97. The highest BCUT2D eigenvalue weighted by molar-refractivity contribution is 5.96. The number of hydrogen-bond donors (Lipinski definition) is 2. The van der Waals surface area contributed by atoms with Gasteiger partial charge in [0.2, 0.25) is 0 Å². The molecule has 2 bridgehead atoms. The van der Waals surface area contributed by atoms with Crippen LogP contribution in [0.25, 0.3) is 0 Å². The molecule has 2 fully saturated rings. The molecule has 0 radical (unpaired) electrons. The molecule has 3 aliphatic rings. The van der Waals surface area contributed by atoms with E-state index in [-0.39, 0.29) is 5.57 Å². The quantitative estimate of drug-likeness (QED) is 0.487. The van der Waals surface area contributed by atoms with Gasteiger partial charge < -0.3 is 9.80 Å². The third kappa shape index (κ3) is 3.05. The average Bonchev–Trinajstić information content (AvgIpc) is 3.22. The van der Waals surface area contributed by atoms with Crippen LogP contribution in [0.1, 0.15) is 18.4 Å². The van der Waals surface area contributed by atoms with Gasteiger partial charge in [-0.25, -0.2) is 10.5 Å². The van der Waals surface area contributed by atoms with Gasteiger partial charge in [-0.1, -0.05) is 17.7 Å². The van der Waals surface area contributed by atoms with Crippen molar-refractivity contribution in [1.82, 2.24) is 10.4 Å². The van der Waals surface area contributed by atoms with Gasteiger partial charge in [0.15, 0.2) is 0 Å². The first-order chi connectivity index (χ1) is 12.7. The molecule has 2 saturated heterocycles. The van der Waals surface area contributed by atoms with E-state index in [1.807, 2.05) is 6.08 Å². The van der Waals surface area contributed by atoms with Gasteiger partial charge in [-0.2, -0.15) is 0 Å². The van der Waals surface area contributed by atoms with E-state index >= 15 is 0 Å². The third-order valence-electron chi connectivity index (χ3n) is 5.30. The number of piperazine rings is 1. The topological polar surface area (TPSA) is 68.2 Å². The van der Waals surface area contributed by atoms with Crippen molar-refractivity contribution in [2.45, 2.75) is 31.8 Å². The first kappa shape index (κ1) is 16.6. The summed E-state index contributed by atoms with van der Waals surface area (Å²) in [5.41, 5.74) is 7.47. The van der Waals surface area contributed by atoms with Gasteiger partial charge in [-0.15, -0.1) is 5.73 Å². The summed E-state index contributed by atoms with van der Waals surface area (Å²) in [6, 6.07) is 9.63. The van der Waals surface area contributed by atoms with Gasteiger partial charge in [0.1, 0.15) is 5.84 Å². The van der Waals surface area contributed by atoms with Gasteiger partial charge in [0, 0.05) is 43.5 Å². The summed E-state index contributed by atoms with van der Waals surface area (Å²) in [7, 11) is 0.